The van der Waals surface area contributed by atoms with Crippen molar-refractivity contribution in [3.05, 3.63) is 188 Å². The number of hydrogen-bond acceptors (Lipinski definition) is 4. The lowest BCUT2D eigenvalue weighted by Crippen LogP contribution is -2.14. The summed E-state index contributed by atoms with van der Waals surface area (Å²) in [5.41, 5.74) is 8.72. The fraction of sp³-hybridized carbons (Fsp3) is 0. The number of benzene rings is 8. The molecule has 0 atom stereocenters. The van der Waals surface area contributed by atoms with Crippen LogP contribution in [0.15, 0.2) is 188 Å². The molecule has 0 radical (unpaired) electrons. The summed E-state index contributed by atoms with van der Waals surface area (Å²) >= 11 is 1.77. The second-order valence-electron chi connectivity index (χ2n) is 12.0. The van der Waals surface area contributed by atoms with E-state index in [1.807, 2.05) is 0 Å². The normalized spacial score (nSPS) is 11.3. The van der Waals surface area contributed by atoms with E-state index >= 15 is 0 Å². The van der Waals surface area contributed by atoms with Crippen molar-refractivity contribution < 1.29 is 0 Å². The van der Waals surface area contributed by atoms with E-state index in [-0.39, 0.29) is 0 Å². The fourth-order valence-electron chi connectivity index (χ4n) is 6.86. The molecule has 0 N–H and O–H groups in total. The molecule has 0 saturated heterocycles. The zero-order valence-electron chi connectivity index (χ0n) is 26.6. The highest BCUT2D eigenvalue weighted by atomic mass is 32.1. The third-order valence-corrected chi connectivity index (χ3v) is 10.1. The zero-order chi connectivity index (χ0) is 32.6. The molecule has 8 aromatic carbocycles. The van der Waals surface area contributed by atoms with Gasteiger partial charge in [-0.15, -0.1) is 11.3 Å². The molecule has 0 bridgehead atoms. The van der Waals surface area contributed by atoms with Crippen molar-refractivity contribution in [2.75, 3.05) is 9.80 Å². The Morgan fingerprint density at radius 1 is 0.388 bits per heavy atom. The smallest absolute Gasteiger partial charge is 0.124 e. The SMILES string of the molecule is c1ccc(-c2nc3c4ccccc4c4c(N(c5ccccc5)c5ccccc5)cc(N(c5ccccc5)c5ccccc5)cc4c3s2)cc1. The molecule has 9 rings (SSSR count). The molecule has 0 aliphatic heterocycles. The molecule has 232 valence electrons. The van der Waals surface area contributed by atoms with Crippen molar-refractivity contribution in [3.63, 3.8) is 0 Å². The Hall–Kier alpha value is -6.23. The van der Waals surface area contributed by atoms with E-state index in [1.165, 1.54) is 20.9 Å². The summed E-state index contributed by atoms with van der Waals surface area (Å²) in [6.07, 6.45) is 0. The lowest BCUT2D eigenvalue weighted by atomic mass is 9.97. The van der Waals surface area contributed by atoms with Gasteiger partial charge in [0.2, 0.25) is 0 Å². The van der Waals surface area contributed by atoms with Crippen LogP contribution in [-0.2, 0) is 0 Å². The first kappa shape index (κ1) is 29.0. The molecule has 0 spiro atoms. The number of rotatable bonds is 7. The highest BCUT2D eigenvalue weighted by molar-refractivity contribution is 7.22. The molecule has 0 aliphatic carbocycles. The number of anilines is 6. The van der Waals surface area contributed by atoms with Gasteiger partial charge < -0.3 is 9.80 Å². The van der Waals surface area contributed by atoms with E-state index < -0.39 is 0 Å². The molecule has 0 aliphatic rings. The van der Waals surface area contributed by atoms with E-state index in [9.17, 15) is 0 Å². The lowest BCUT2D eigenvalue weighted by molar-refractivity contribution is 1.26. The zero-order valence-corrected chi connectivity index (χ0v) is 27.5. The van der Waals surface area contributed by atoms with Crippen LogP contribution in [-0.4, -0.2) is 4.98 Å². The van der Waals surface area contributed by atoms with Gasteiger partial charge in [-0.3, -0.25) is 0 Å². The van der Waals surface area contributed by atoms with Crippen molar-refractivity contribution in [1.29, 1.82) is 0 Å². The summed E-state index contributed by atoms with van der Waals surface area (Å²) in [6, 6.07) is 66.7. The van der Waals surface area contributed by atoms with Gasteiger partial charge in [0, 0.05) is 50.2 Å². The maximum absolute atomic E-state index is 5.33. The third-order valence-electron chi connectivity index (χ3n) is 9.00. The number of thiazole rings is 1. The topological polar surface area (TPSA) is 19.4 Å². The minimum Gasteiger partial charge on any atom is -0.310 e. The van der Waals surface area contributed by atoms with Gasteiger partial charge in [-0.1, -0.05) is 127 Å². The highest BCUT2D eigenvalue weighted by Gasteiger charge is 2.24. The molecule has 0 saturated carbocycles. The van der Waals surface area contributed by atoms with E-state index in [2.05, 4.69) is 198 Å². The predicted octanol–water partition coefficient (Wildman–Crippen LogP) is 13.2. The number of aromatic nitrogens is 1. The van der Waals surface area contributed by atoms with Gasteiger partial charge in [0.05, 0.1) is 15.9 Å². The van der Waals surface area contributed by atoms with Crippen LogP contribution in [0, 0.1) is 0 Å². The standard InChI is InChI=1S/C45H31N3S/c1-6-18-32(19-7-1)45-46-43-39-29-17-16-28-38(39)42-40(44(43)49-45)30-37(47(33-20-8-2-9-21-33)34-22-10-3-11-23-34)31-41(42)48(35-24-12-4-13-25-35)36-26-14-5-15-27-36/h1-31H. The molecule has 49 heavy (non-hydrogen) atoms. The number of para-hydroxylation sites is 4. The number of hydrogen-bond donors (Lipinski definition) is 0. The summed E-state index contributed by atoms with van der Waals surface area (Å²) in [5, 5.41) is 5.73. The van der Waals surface area contributed by atoms with Crippen molar-refractivity contribution in [2.24, 2.45) is 0 Å². The van der Waals surface area contributed by atoms with Crippen molar-refractivity contribution in [3.8, 4) is 10.6 Å². The summed E-state index contributed by atoms with van der Waals surface area (Å²) in [4.78, 5) is 10.1. The minimum atomic E-state index is 1.02. The minimum absolute atomic E-state index is 1.02. The van der Waals surface area contributed by atoms with Gasteiger partial charge in [0.1, 0.15) is 5.01 Å². The van der Waals surface area contributed by atoms with E-state index in [0.29, 0.717) is 0 Å². The summed E-state index contributed by atoms with van der Waals surface area (Å²) in [7, 11) is 0. The summed E-state index contributed by atoms with van der Waals surface area (Å²) < 4.78 is 1.18. The van der Waals surface area contributed by atoms with Crippen LogP contribution in [0.1, 0.15) is 0 Å². The third kappa shape index (κ3) is 5.20. The Labute approximate surface area is 289 Å². The van der Waals surface area contributed by atoms with Crippen LogP contribution >= 0.6 is 11.3 Å². The van der Waals surface area contributed by atoms with Crippen LogP contribution in [0.25, 0.3) is 42.3 Å². The number of fused-ring (bicyclic) bond motifs is 6. The molecule has 0 unspecified atom stereocenters. The quantitative estimate of drug-likeness (QED) is 0.161. The maximum Gasteiger partial charge on any atom is 0.124 e. The van der Waals surface area contributed by atoms with Gasteiger partial charge in [-0.2, -0.15) is 0 Å². The van der Waals surface area contributed by atoms with Gasteiger partial charge in [0.15, 0.2) is 0 Å². The van der Waals surface area contributed by atoms with Crippen LogP contribution < -0.4 is 9.80 Å². The number of nitrogens with zero attached hydrogens (tertiary/aromatic N) is 3. The van der Waals surface area contributed by atoms with E-state index in [1.54, 1.807) is 11.3 Å². The first-order valence-electron chi connectivity index (χ1n) is 16.5. The van der Waals surface area contributed by atoms with Crippen LogP contribution in [0.5, 0.6) is 0 Å². The van der Waals surface area contributed by atoms with Crippen LogP contribution in [0.2, 0.25) is 0 Å². The summed E-state index contributed by atoms with van der Waals surface area (Å²) in [5.74, 6) is 0. The van der Waals surface area contributed by atoms with Crippen LogP contribution in [0.3, 0.4) is 0 Å². The monoisotopic (exact) mass is 645 g/mol. The maximum atomic E-state index is 5.33. The van der Waals surface area contributed by atoms with Crippen molar-refractivity contribution in [1.82, 2.24) is 4.98 Å². The van der Waals surface area contributed by atoms with Gasteiger partial charge in [-0.05, 0) is 66.0 Å². The molecule has 1 aromatic heterocycles. The first-order valence-corrected chi connectivity index (χ1v) is 17.3. The lowest BCUT2D eigenvalue weighted by Gasteiger charge is -2.31. The average molecular weight is 646 g/mol. The van der Waals surface area contributed by atoms with Crippen molar-refractivity contribution in [2.45, 2.75) is 0 Å². The molecular weight excluding hydrogens is 615 g/mol. The molecule has 1 heterocycles. The van der Waals surface area contributed by atoms with Gasteiger partial charge >= 0.3 is 0 Å². The Kier molecular flexibility index (Phi) is 7.34. The first-order chi connectivity index (χ1) is 24.3. The summed E-state index contributed by atoms with van der Waals surface area (Å²) in [6.45, 7) is 0. The van der Waals surface area contributed by atoms with Crippen LogP contribution in [0.4, 0.5) is 34.1 Å². The molecule has 4 heteroatoms. The Morgan fingerprint density at radius 3 is 1.37 bits per heavy atom. The van der Waals surface area contributed by atoms with Gasteiger partial charge in [-0.25, -0.2) is 4.98 Å². The highest BCUT2D eigenvalue weighted by Crippen LogP contribution is 2.50. The molecule has 0 fully saturated rings. The molecule has 3 nitrogen and oxygen atoms in total. The van der Waals surface area contributed by atoms with E-state index in [0.717, 1.165) is 55.6 Å². The van der Waals surface area contributed by atoms with Crippen molar-refractivity contribution >= 4 is 77.2 Å². The average Bonchev–Trinajstić information content (AvgIpc) is 3.64. The molecule has 9 aromatic rings. The predicted molar refractivity (Wildman–Crippen MR) is 209 cm³/mol. The second kappa shape index (κ2) is 12.4. The van der Waals surface area contributed by atoms with E-state index in [4.69, 9.17) is 4.98 Å². The molecular formula is C45H31N3S. The Bertz CT molecular complexity index is 2450. The Morgan fingerprint density at radius 2 is 0.837 bits per heavy atom. The molecule has 0 amide bonds. The Balaban J connectivity index is 1.45. The largest absolute Gasteiger partial charge is 0.310 e. The van der Waals surface area contributed by atoms with Gasteiger partial charge in [0.25, 0.3) is 0 Å². The fourth-order valence-corrected chi connectivity index (χ4v) is 7.97. The second-order valence-corrected chi connectivity index (χ2v) is 13.0.